The Bertz CT molecular complexity index is 533. The minimum atomic E-state index is -1.13. The van der Waals surface area contributed by atoms with Crippen molar-refractivity contribution in [2.75, 3.05) is 0 Å². The maximum atomic E-state index is 10.6. The van der Waals surface area contributed by atoms with E-state index in [1.54, 1.807) is 6.07 Å². The number of hydrogen-bond donors (Lipinski definition) is 1. The van der Waals surface area contributed by atoms with E-state index in [0.29, 0.717) is 5.02 Å². The molecule has 0 bridgehead atoms. The Labute approximate surface area is 102 Å². The van der Waals surface area contributed by atoms with Crippen molar-refractivity contribution < 1.29 is 19.1 Å². The Balaban J connectivity index is 2.02. The number of furan rings is 1. The van der Waals surface area contributed by atoms with Crippen LogP contribution in [0.3, 0.4) is 0 Å². The number of ether oxygens (including phenoxy) is 1. The largest absolute Gasteiger partial charge is 0.475 e. The van der Waals surface area contributed by atoms with E-state index in [4.69, 9.17) is 25.9 Å². The van der Waals surface area contributed by atoms with Gasteiger partial charge in [-0.25, -0.2) is 4.79 Å². The Morgan fingerprint density at radius 1 is 1.29 bits per heavy atom. The van der Waals surface area contributed by atoms with E-state index in [1.807, 2.05) is 18.2 Å². The minimum absolute atomic E-state index is 0.154. The lowest BCUT2D eigenvalue weighted by molar-refractivity contribution is 0.0652. The van der Waals surface area contributed by atoms with Gasteiger partial charge in [-0.2, -0.15) is 0 Å². The van der Waals surface area contributed by atoms with Gasteiger partial charge in [-0.05, 0) is 12.1 Å². The Morgan fingerprint density at radius 2 is 2.06 bits per heavy atom. The third kappa shape index (κ3) is 2.79. The summed E-state index contributed by atoms with van der Waals surface area (Å²) in [6.45, 7) is 0.228. The number of aromatic carboxylic acids is 1. The van der Waals surface area contributed by atoms with E-state index in [2.05, 4.69) is 0 Å². The summed E-state index contributed by atoms with van der Waals surface area (Å²) in [5.41, 5.74) is 0.808. The van der Waals surface area contributed by atoms with Gasteiger partial charge in [-0.1, -0.05) is 29.8 Å². The van der Waals surface area contributed by atoms with E-state index >= 15 is 0 Å². The van der Waals surface area contributed by atoms with Crippen LogP contribution in [0.5, 0.6) is 5.95 Å². The third-order valence-electron chi connectivity index (χ3n) is 2.12. The van der Waals surface area contributed by atoms with Gasteiger partial charge in [0.1, 0.15) is 6.61 Å². The fraction of sp³-hybridized carbons (Fsp3) is 0.0833. The van der Waals surface area contributed by atoms with Crippen molar-refractivity contribution >= 4 is 17.6 Å². The molecule has 88 valence electrons. The zero-order valence-corrected chi connectivity index (χ0v) is 9.48. The predicted octanol–water partition coefficient (Wildman–Crippen LogP) is 3.21. The first-order valence-electron chi connectivity index (χ1n) is 4.86. The minimum Gasteiger partial charge on any atom is -0.475 e. The van der Waals surface area contributed by atoms with E-state index in [-0.39, 0.29) is 18.3 Å². The summed E-state index contributed by atoms with van der Waals surface area (Å²) in [5, 5.41) is 9.25. The van der Waals surface area contributed by atoms with E-state index in [1.165, 1.54) is 12.1 Å². The molecular formula is C12H9ClO4. The van der Waals surface area contributed by atoms with Crippen LogP contribution in [0.2, 0.25) is 5.02 Å². The number of carbonyl (C=O) groups is 1. The molecule has 4 nitrogen and oxygen atoms in total. The zero-order chi connectivity index (χ0) is 12.3. The summed E-state index contributed by atoms with van der Waals surface area (Å²) in [5.74, 6) is -1.13. The summed E-state index contributed by atoms with van der Waals surface area (Å²) in [7, 11) is 0. The second-order valence-electron chi connectivity index (χ2n) is 3.30. The highest BCUT2D eigenvalue weighted by molar-refractivity contribution is 6.31. The molecule has 17 heavy (non-hydrogen) atoms. The normalized spacial score (nSPS) is 10.2. The fourth-order valence-corrected chi connectivity index (χ4v) is 1.47. The van der Waals surface area contributed by atoms with Crippen LogP contribution in [0.1, 0.15) is 16.1 Å². The molecule has 0 aliphatic heterocycles. The SMILES string of the molecule is O=C(O)c1ccc(OCc2ccccc2Cl)o1. The summed E-state index contributed by atoms with van der Waals surface area (Å²) in [4.78, 5) is 10.6. The van der Waals surface area contributed by atoms with Crippen molar-refractivity contribution in [3.8, 4) is 5.95 Å². The highest BCUT2D eigenvalue weighted by atomic mass is 35.5. The van der Waals surface area contributed by atoms with Gasteiger partial charge in [0, 0.05) is 16.7 Å². The highest BCUT2D eigenvalue weighted by Gasteiger charge is 2.10. The Hall–Kier alpha value is -1.94. The lowest BCUT2D eigenvalue weighted by atomic mass is 10.2. The lowest BCUT2D eigenvalue weighted by Crippen LogP contribution is -1.95. The first-order valence-corrected chi connectivity index (χ1v) is 5.24. The first kappa shape index (κ1) is 11.5. The molecule has 2 aromatic rings. The molecule has 0 saturated carbocycles. The molecule has 0 spiro atoms. The molecule has 0 saturated heterocycles. The molecule has 1 aromatic carbocycles. The van der Waals surface area contributed by atoms with E-state index < -0.39 is 5.97 Å². The number of halogens is 1. The molecule has 1 N–H and O–H groups in total. The van der Waals surface area contributed by atoms with Crippen LogP contribution >= 0.6 is 11.6 Å². The van der Waals surface area contributed by atoms with Gasteiger partial charge >= 0.3 is 5.97 Å². The number of carboxylic acid groups (broad SMARTS) is 1. The van der Waals surface area contributed by atoms with E-state index in [9.17, 15) is 4.79 Å². The van der Waals surface area contributed by atoms with Crippen molar-refractivity contribution in [1.29, 1.82) is 0 Å². The quantitative estimate of drug-likeness (QED) is 0.908. The van der Waals surface area contributed by atoms with Crippen LogP contribution in [0.15, 0.2) is 40.8 Å². The average molecular weight is 253 g/mol. The topological polar surface area (TPSA) is 59.7 Å². The monoisotopic (exact) mass is 252 g/mol. The fourth-order valence-electron chi connectivity index (χ4n) is 1.28. The summed E-state index contributed by atoms with van der Waals surface area (Å²) >= 11 is 5.94. The smallest absolute Gasteiger partial charge is 0.371 e. The standard InChI is InChI=1S/C12H9ClO4/c13-9-4-2-1-3-8(9)7-16-11-6-5-10(17-11)12(14)15/h1-6H,7H2,(H,14,15). The van der Waals surface area contributed by atoms with Crippen molar-refractivity contribution in [3.05, 3.63) is 52.7 Å². The molecule has 0 radical (unpaired) electrons. The van der Waals surface area contributed by atoms with Gasteiger partial charge in [0.15, 0.2) is 0 Å². The van der Waals surface area contributed by atoms with Crippen molar-refractivity contribution in [3.63, 3.8) is 0 Å². The molecule has 0 fully saturated rings. The lowest BCUT2D eigenvalue weighted by Gasteiger charge is -2.04. The molecule has 1 heterocycles. The van der Waals surface area contributed by atoms with Gasteiger partial charge in [-0.3, -0.25) is 0 Å². The zero-order valence-electron chi connectivity index (χ0n) is 8.72. The third-order valence-corrected chi connectivity index (χ3v) is 2.49. The van der Waals surface area contributed by atoms with Crippen LogP contribution in [-0.2, 0) is 6.61 Å². The van der Waals surface area contributed by atoms with Crippen LogP contribution in [0.25, 0.3) is 0 Å². The molecular weight excluding hydrogens is 244 g/mol. The van der Waals surface area contributed by atoms with Gasteiger partial charge in [-0.15, -0.1) is 0 Å². The summed E-state index contributed by atoms with van der Waals surface area (Å²) in [6.07, 6.45) is 0. The van der Waals surface area contributed by atoms with Gasteiger partial charge < -0.3 is 14.3 Å². The number of benzene rings is 1. The molecule has 0 aliphatic carbocycles. The molecule has 1 aromatic heterocycles. The molecule has 5 heteroatoms. The average Bonchev–Trinajstić information content (AvgIpc) is 2.77. The second kappa shape index (κ2) is 4.93. The van der Waals surface area contributed by atoms with Crippen LogP contribution in [0, 0.1) is 0 Å². The van der Waals surface area contributed by atoms with Crippen molar-refractivity contribution in [1.82, 2.24) is 0 Å². The molecule has 0 aliphatic rings. The Kier molecular flexibility index (Phi) is 3.35. The number of rotatable bonds is 4. The first-order chi connectivity index (χ1) is 8.16. The van der Waals surface area contributed by atoms with E-state index in [0.717, 1.165) is 5.56 Å². The second-order valence-corrected chi connectivity index (χ2v) is 3.71. The van der Waals surface area contributed by atoms with Crippen LogP contribution < -0.4 is 4.74 Å². The van der Waals surface area contributed by atoms with Crippen molar-refractivity contribution in [2.45, 2.75) is 6.61 Å². The van der Waals surface area contributed by atoms with Crippen LogP contribution in [0.4, 0.5) is 0 Å². The van der Waals surface area contributed by atoms with Crippen molar-refractivity contribution in [2.24, 2.45) is 0 Å². The maximum Gasteiger partial charge on any atom is 0.371 e. The molecule has 2 rings (SSSR count). The van der Waals surface area contributed by atoms with Gasteiger partial charge in [0.05, 0.1) is 0 Å². The van der Waals surface area contributed by atoms with Gasteiger partial charge in [0.25, 0.3) is 5.95 Å². The summed E-state index contributed by atoms with van der Waals surface area (Å²) < 4.78 is 10.2. The van der Waals surface area contributed by atoms with Gasteiger partial charge in [0.2, 0.25) is 5.76 Å². The molecule has 0 unspecified atom stereocenters. The highest BCUT2D eigenvalue weighted by Crippen LogP contribution is 2.20. The Morgan fingerprint density at radius 3 is 2.71 bits per heavy atom. The summed E-state index contributed by atoms with van der Waals surface area (Å²) in [6, 6.07) is 10.0. The van der Waals surface area contributed by atoms with Crippen LogP contribution in [-0.4, -0.2) is 11.1 Å². The number of carboxylic acids is 1. The molecule has 0 amide bonds. The number of hydrogen-bond acceptors (Lipinski definition) is 3. The maximum absolute atomic E-state index is 10.6. The predicted molar refractivity (Wildman–Crippen MR) is 61.5 cm³/mol. The molecule has 0 atom stereocenters.